The van der Waals surface area contributed by atoms with Crippen LogP contribution in [0.2, 0.25) is 0 Å². The first-order chi connectivity index (χ1) is 14.0. The lowest BCUT2D eigenvalue weighted by Crippen LogP contribution is -2.69. The number of rotatable bonds is 6. The first kappa shape index (κ1) is 20.8. The van der Waals surface area contributed by atoms with Gasteiger partial charge in [0.2, 0.25) is 11.8 Å². The standard InChI is InChI=1S/C22H34N4O2S/c1-16(2)12-19-22(28)26-11-10-25(15-20(26)21(27)23-19)14-18-7-6-17(29-18)13-24-8-4-3-5-9-24/h6-7,16,19-20H,3-5,8-15H2,1-2H3,(H,23,27)/t19-,20+/m0/s1. The molecule has 0 unspecified atom stereocenters. The zero-order valence-electron chi connectivity index (χ0n) is 17.7. The highest BCUT2D eigenvalue weighted by Gasteiger charge is 2.43. The van der Waals surface area contributed by atoms with Crippen LogP contribution in [0.25, 0.3) is 0 Å². The molecular formula is C22H34N4O2S. The number of hydrogen-bond acceptors (Lipinski definition) is 5. The molecule has 29 heavy (non-hydrogen) atoms. The minimum atomic E-state index is -0.347. The van der Waals surface area contributed by atoms with Gasteiger partial charge >= 0.3 is 0 Å². The van der Waals surface area contributed by atoms with Gasteiger partial charge in [0.25, 0.3) is 0 Å². The largest absolute Gasteiger partial charge is 0.342 e. The Morgan fingerprint density at radius 2 is 1.69 bits per heavy atom. The van der Waals surface area contributed by atoms with Crippen LogP contribution in [0, 0.1) is 5.92 Å². The van der Waals surface area contributed by atoms with Gasteiger partial charge in [-0.25, -0.2) is 0 Å². The summed E-state index contributed by atoms with van der Waals surface area (Å²) in [5.74, 6) is 0.500. The van der Waals surface area contributed by atoms with Gasteiger partial charge in [-0.3, -0.25) is 19.4 Å². The van der Waals surface area contributed by atoms with Crippen LogP contribution in [0.3, 0.4) is 0 Å². The molecule has 1 aromatic heterocycles. The molecule has 2 amide bonds. The second-order valence-electron chi connectivity index (χ2n) is 9.18. The maximum absolute atomic E-state index is 12.8. The van der Waals surface area contributed by atoms with Crippen molar-refractivity contribution >= 4 is 23.2 Å². The van der Waals surface area contributed by atoms with E-state index in [2.05, 4.69) is 41.1 Å². The number of carbonyl (C=O) groups is 2. The van der Waals surface area contributed by atoms with E-state index in [1.54, 1.807) is 0 Å². The summed E-state index contributed by atoms with van der Waals surface area (Å²) < 4.78 is 0. The fourth-order valence-electron chi connectivity index (χ4n) is 4.78. The third-order valence-corrected chi connectivity index (χ3v) is 7.35. The van der Waals surface area contributed by atoms with Gasteiger partial charge < -0.3 is 10.2 Å². The van der Waals surface area contributed by atoms with Gasteiger partial charge in [-0.15, -0.1) is 11.3 Å². The minimum Gasteiger partial charge on any atom is -0.342 e. The Hall–Kier alpha value is -1.44. The summed E-state index contributed by atoms with van der Waals surface area (Å²) >= 11 is 1.89. The molecular weight excluding hydrogens is 384 g/mol. The van der Waals surface area contributed by atoms with Gasteiger partial charge in [0.05, 0.1) is 0 Å². The molecule has 3 saturated heterocycles. The molecule has 0 radical (unpaired) electrons. The number of fused-ring (bicyclic) bond motifs is 1. The van der Waals surface area contributed by atoms with Crippen LogP contribution in [-0.4, -0.2) is 71.3 Å². The molecule has 0 spiro atoms. The molecule has 1 N–H and O–H groups in total. The maximum atomic E-state index is 12.8. The summed E-state index contributed by atoms with van der Waals surface area (Å²) in [6.45, 7) is 10.7. The van der Waals surface area contributed by atoms with Crippen LogP contribution in [0.1, 0.15) is 49.3 Å². The van der Waals surface area contributed by atoms with E-state index in [1.165, 1.54) is 42.1 Å². The van der Waals surface area contributed by atoms with Crippen molar-refractivity contribution in [1.82, 2.24) is 20.0 Å². The van der Waals surface area contributed by atoms with Crippen molar-refractivity contribution in [2.24, 2.45) is 5.92 Å². The Kier molecular flexibility index (Phi) is 6.56. The lowest BCUT2D eigenvalue weighted by Gasteiger charge is -2.45. The SMILES string of the molecule is CC(C)C[C@@H]1NC(=O)[C@H]2CN(Cc3ccc(CN4CCCCC4)s3)CCN2C1=O. The predicted molar refractivity (Wildman–Crippen MR) is 116 cm³/mol. The first-order valence-corrected chi connectivity index (χ1v) is 11.9. The maximum Gasteiger partial charge on any atom is 0.245 e. The Balaban J connectivity index is 1.32. The average molecular weight is 419 g/mol. The highest BCUT2D eigenvalue weighted by molar-refractivity contribution is 7.11. The van der Waals surface area contributed by atoms with Gasteiger partial charge in [0, 0.05) is 42.5 Å². The molecule has 0 aromatic carbocycles. The molecule has 4 heterocycles. The Bertz CT molecular complexity index is 728. The minimum absolute atomic E-state index is 0.0110. The summed E-state index contributed by atoms with van der Waals surface area (Å²) in [5.41, 5.74) is 0. The van der Waals surface area contributed by atoms with Crippen LogP contribution in [0.4, 0.5) is 0 Å². The number of piperidine rings is 1. The monoisotopic (exact) mass is 418 g/mol. The van der Waals surface area contributed by atoms with E-state index >= 15 is 0 Å². The third kappa shape index (κ3) is 5.01. The second kappa shape index (κ2) is 9.14. The zero-order valence-corrected chi connectivity index (χ0v) is 18.5. The molecule has 2 atom stereocenters. The van der Waals surface area contributed by atoms with Crippen molar-refractivity contribution in [3.05, 3.63) is 21.9 Å². The number of amides is 2. The van der Waals surface area contributed by atoms with E-state index < -0.39 is 0 Å². The van der Waals surface area contributed by atoms with E-state index in [-0.39, 0.29) is 23.9 Å². The molecule has 160 valence electrons. The van der Waals surface area contributed by atoms with E-state index in [0.717, 1.165) is 19.6 Å². The van der Waals surface area contributed by atoms with Crippen molar-refractivity contribution in [1.29, 1.82) is 0 Å². The van der Waals surface area contributed by atoms with Crippen molar-refractivity contribution < 1.29 is 9.59 Å². The summed E-state index contributed by atoms with van der Waals surface area (Å²) in [4.78, 5) is 34.9. The summed E-state index contributed by atoms with van der Waals surface area (Å²) in [5, 5.41) is 2.97. The number of likely N-dealkylation sites (tertiary alicyclic amines) is 1. The van der Waals surface area contributed by atoms with E-state index in [9.17, 15) is 9.59 Å². The molecule has 0 aliphatic carbocycles. The fraction of sp³-hybridized carbons (Fsp3) is 0.727. The van der Waals surface area contributed by atoms with Crippen LogP contribution in [0.5, 0.6) is 0 Å². The topological polar surface area (TPSA) is 55.9 Å². The average Bonchev–Trinajstić information content (AvgIpc) is 3.13. The Morgan fingerprint density at radius 1 is 1.00 bits per heavy atom. The first-order valence-electron chi connectivity index (χ1n) is 11.1. The smallest absolute Gasteiger partial charge is 0.245 e. The molecule has 0 saturated carbocycles. The highest BCUT2D eigenvalue weighted by atomic mass is 32.1. The van der Waals surface area contributed by atoms with E-state index in [1.807, 2.05) is 16.2 Å². The van der Waals surface area contributed by atoms with Crippen LogP contribution >= 0.6 is 11.3 Å². The molecule has 0 bridgehead atoms. The molecule has 7 heteroatoms. The number of hydrogen-bond donors (Lipinski definition) is 1. The summed E-state index contributed by atoms with van der Waals surface area (Å²) in [6, 6.07) is 3.81. The van der Waals surface area contributed by atoms with E-state index in [4.69, 9.17) is 0 Å². The quantitative estimate of drug-likeness (QED) is 0.770. The zero-order chi connectivity index (χ0) is 20.4. The molecule has 3 fully saturated rings. The summed E-state index contributed by atoms with van der Waals surface area (Å²) in [7, 11) is 0. The van der Waals surface area contributed by atoms with Crippen molar-refractivity contribution in [3.8, 4) is 0 Å². The van der Waals surface area contributed by atoms with Gasteiger partial charge in [-0.05, 0) is 50.4 Å². The van der Waals surface area contributed by atoms with Crippen molar-refractivity contribution in [2.45, 2.75) is 64.7 Å². The van der Waals surface area contributed by atoms with Crippen LogP contribution in [0.15, 0.2) is 12.1 Å². The second-order valence-corrected chi connectivity index (χ2v) is 10.4. The number of thiophene rings is 1. The van der Waals surface area contributed by atoms with Gasteiger partial charge in [-0.1, -0.05) is 20.3 Å². The van der Waals surface area contributed by atoms with Gasteiger partial charge in [0.15, 0.2) is 0 Å². The fourth-order valence-corrected chi connectivity index (χ4v) is 5.89. The normalized spacial score (nSPS) is 26.7. The van der Waals surface area contributed by atoms with Crippen molar-refractivity contribution in [2.75, 3.05) is 32.7 Å². The lowest BCUT2D eigenvalue weighted by atomic mass is 9.97. The van der Waals surface area contributed by atoms with Crippen LogP contribution in [-0.2, 0) is 22.7 Å². The number of piperazine rings is 2. The molecule has 3 aliphatic rings. The molecule has 3 aliphatic heterocycles. The highest BCUT2D eigenvalue weighted by Crippen LogP contribution is 2.24. The molecule has 4 rings (SSSR count). The third-order valence-electron chi connectivity index (χ3n) is 6.30. The number of carbonyl (C=O) groups excluding carboxylic acids is 2. The van der Waals surface area contributed by atoms with Crippen LogP contribution < -0.4 is 5.32 Å². The number of nitrogens with zero attached hydrogens (tertiary/aromatic N) is 3. The van der Waals surface area contributed by atoms with Crippen molar-refractivity contribution in [3.63, 3.8) is 0 Å². The van der Waals surface area contributed by atoms with Gasteiger partial charge in [0.1, 0.15) is 12.1 Å². The van der Waals surface area contributed by atoms with E-state index in [0.29, 0.717) is 25.4 Å². The molecule has 1 aromatic rings. The molecule has 6 nitrogen and oxygen atoms in total. The number of nitrogens with one attached hydrogen (secondary N) is 1. The Morgan fingerprint density at radius 3 is 2.38 bits per heavy atom. The summed E-state index contributed by atoms with van der Waals surface area (Å²) in [6.07, 6.45) is 4.73. The van der Waals surface area contributed by atoms with Gasteiger partial charge in [-0.2, -0.15) is 0 Å². The Labute approximate surface area is 178 Å². The lowest BCUT2D eigenvalue weighted by molar-refractivity contribution is -0.153. The predicted octanol–water partition coefficient (Wildman–Crippen LogP) is 2.29.